The Balaban J connectivity index is 2.19. The van der Waals surface area contributed by atoms with Crippen LogP contribution < -0.4 is 11.1 Å². The van der Waals surface area contributed by atoms with Crippen molar-refractivity contribution >= 4 is 11.9 Å². The molecule has 1 aliphatic rings. The minimum absolute atomic E-state index is 0.107. The third-order valence-corrected chi connectivity index (χ3v) is 3.70. The van der Waals surface area contributed by atoms with Gasteiger partial charge in [0, 0.05) is 0 Å². The lowest BCUT2D eigenvalue weighted by atomic mass is 10.0. The van der Waals surface area contributed by atoms with Gasteiger partial charge in [0.2, 0.25) is 5.91 Å². The molecule has 1 unspecified atom stereocenters. The average molecular weight is 302 g/mol. The number of ether oxygens (including phenoxy) is 1. The molecule has 0 bridgehead atoms. The van der Waals surface area contributed by atoms with E-state index in [9.17, 15) is 9.59 Å². The van der Waals surface area contributed by atoms with Crippen molar-refractivity contribution in [1.29, 1.82) is 0 Å². The van der Waals surface area contributed by atoms with Crippen molar-refractivity contribution in [1.82, 2.24) is 5.32 Å². The Kier molecular flexibility index (Phi) is 5.72. The van der Waals surface area contributed by atoms with E-state index in [1.807, 2.05) is 49.4 Å². The van der Waals surface area contributed by atoms with Gasteiger partial charge in [0.25, 0.3) is 0 Å². The molecule has 0 fully saturated rings. The van der Waals surface area contributed by atoms with E-state index < -0.39 is 6.04 Å². The second-order valence-corrected chi connectivity index (χ2v) is 5.55. The average Bonchev–Trinajstić information content (AvgIpc) is 2.54. The fraction of sp³-hybridized carbons (Fsp3) is 0.412. The molecular weight excluding hydrogens is 280 g/mol. The second-order valence-electron chi connectivity index (χ2n) is 5.55. The highest BCUT2D eigenvalue weighted by Gasteiger charge is 2.22. The van der Waals surface area contributed by atoms with E-state index in [1.54, 1.807) is 0 Å². The summed E-state index contributed by atoms with van der Waals surface area (Å²) in [6.45, 7) is 1.93. The van der Waals surface area contributed by atoms with Gasteiger partial charge in [0.15, 0.2) is 0 Å². The molecule has 0 spiro atoms. The van der Waals surface area contributed by atoms with Crippen molar-refractivity contribution in [3.05, 3.63) is 48.0 Å². The molecule has 5 heteroatoms. The number of nitrogens with two attached hydrogens (primary N) is 1. The first-order chi connectivity index (χ1) is 10.6. The topological polar surface area (TPSA) is 81.4 Å². The molecule has 0 aromatic heterocycles. The van der Waals surface area contributed by atoms with Crippen molar-refractivity contribution in [2.45, 2.75) is 31.8 Å². The number of carbonyl (C=O) groups is 2. The van der Waals surface area contributed by atoms with Gasteiger partial charge < -0.3 is 15.8 Å². The predicted molar refractivity (Wildman–Crippen MR) is 83.8 cm³/mol. The summed E-state index contributed by atoms with van der Waals surface area (Å²) in [4.78, 5) is 24.1. The first-order valence-corrected chi connectivity index (χ1v) is 7.50. The minimum atomic E-state index is -0.604. The van der Waals surface area contributed by atoms with Crippen LogP contribution in [0.4, 0.5) is 0 Å². The van der Waals surface area contributed by atoms with E-state index in [0.717, 1.165) is 5.56 Å². The normalized spacial score (nSPS) is 27.3. The number of benzene rings is 1. The lowest BCUT2D eigenvalue weighted by Gasteiger charge is -2.22. The number of esters is 1. The zero-order valence-electron chi connectivity index (χ0n) is 12.7. The number of cyclic esters (lactones) is 1. The van der Waals surface area contributed by atoms with Gasteiger partial charge in [-0.2, -0.15) is 0 Å². The van der Waals surface area contributed by atoms with Crippen LogP contribution in [0.15, 0.2) is 42.5 Å². The lowest BCUT2D eigenvalue weighted by Crippen LogP contribution is -2.43. The second kappa shape index (κ2) is 7.75. The van der Waals surface area contributed by atoms with Gasteiger partial charge in [-0.15, -0.1) is 0 Å². The number of hydrogen-bond donors (Lipinski definition) is 2. The van der Waals surface area contributed by atoms with Gasteiger partial charge in [-0.3, -0.25) is 9.59 Å². The number of rotatable bonds is 1. The molecule has 1 aromatic rings. The molecule has 118 valence electrons. The molecule has 2 rings (SSSR count). The van der Waals surface area contributed by atoms with Crippen LogP contribution in [0.25, 0.3) is 0 Å². The highest BCUT2D eigenvalue weighted by Crippen LogP contribution is 2.16. The van der Waals surface area contributed by atoms with Gasteiger partial charge in [-0.05, 0) is 18.4 Å². The molecule has 0 aliphatic carbocycles. The van der Waals surface area contributed by atoms with Gasteiger partial charge in [-0.1, -0.05) is 49.4 Å². The Labute approximate surface area is 130 Å². The maximum Gasteiger partial charge on any atom is 0.309 e. The molecule has 0 saturated carbocycles. The number of nitrogens with one attached hydrogen (secondary N) is 1. The summed E-state index contributed by atoms with van der Waals surface area (Å²) < 4.78 is 5.35. The molecule has 1 aromatic carbocycles. The molecule has 0 saturated heterocycles. The van der Waals surface area contributed by atoms with E-state index >= 15 is 0 Å². The summed E-state index contributed by atoms with van der Waals surface area (Å²) in [5.41, 5.74) is 6.77. The molecule has 1 aliphatic heterocycles. The molecule has 22 heavy (non-hydrogen) atoms. The van der Waals surface area contributed by atoms with Crippen molar-refractivity contribution in [3.63, 3.8) is 0 Å². The van der Waals surface area contributed by atoms with Crippen LogP contribution in [0.5, 0.6) is 0 Å². The number of carbonyl (C=O) groups excluding carboxylic acids is 2. The van der Waals surface area contributed by atoms with Gasteiger partial charge >= 0.3 is 5.97 Å². The van der Waals surface area contributed by atoms with Gasteiger partial charge in [0.1, 0.15) is 6.61 Å². The van der Waals surface area contributed by atoms with E-state index in [1.165, 1.54) is 0 Å². The summed E-state index contributed by atoms with van der Waals surface area (Å²) in [6.07, 6.45) is 4.75. The summed E-state index contributed by atoms with van der Waals surface area (Å²) in [7, 11) is 0. The molecular formula is C17H22N2O3. The Morgan fingerprint density at radius 1 is 1.14 bits per heavy atom. The highest BCUT2D eigenvalue weighted by atomic mass is 16.5. The molecule has 1 amide bonds. The largest absolute Gasteiger partial charge is 0.463 e. The maximum atomic E-state index is 12.1. The Morgan fingerprint density at radius 3 is 2.55 bits per heavy atom. The van der Waals surface area contributed by atoms with Crippen LogP contribution in [-0.4, -0.2) is 24.5 Å². The van der Waals surface area contributed by atoms with Crippen molar-refractivity contribution < 1.29 is 14.3 Å². The number of allylic oxidation sites excluding steroid dienone is 1. The van der Waals surface area contributed by atoms with Crippen LogP contribution in [0.2, 0.25) is 0 Å². The molecule has 5 nitrogen and oxygen atoms in total. The third kappa shape index (κ3) is 4.43. The lowest BCUT2D eigenvalue weighted by molar-refractivity contribution is -0.149. The minimum Gasteiger partial charge on any atom is -0.463 e. The predicted octanol–water partition coefficient (Wildman–Crippen LogP) is 1.70. The molecule has 1 heterocycles. The van der Waals surface area contributed by atoms with Crippen LogP contribution >= 0.6 is 0 Å². The Hall–Kier alpha value is -2.14. The maximum absolute atomic E-state index is 12.1. The van der Waals surface area contributed by atoms with E-state index in [0.29, 0.717) is 12.8 Å². The zero-order chi connectivity index (χ0) is 15.9. The van der Waals surface area contributed by atoms with Gasteiger partial charge in [-0.25, -0.2) is 0 Å². The van der Waals surface area contributed by atoms with Crippen molar-refractivity contribution in [2.75, 3.05) is 6.61 Å². The molecule has 3 N–H and O–H groups in total. The quantitative estimate of drug-likeness (QED) is 0.611. The Bertz CT molecular complexity index is 542. The summed E-state index contributed by atoms with van der Waals surface area (Å²) in [5, 5.41) is 2.86. The monoisotopic (exact) mass is 302 g/mol. The highest BCUT2D eigenvalue weighted by molar-refractivity contribution is 5.82. The van der Waals surface area contributed by atoms with Crippen molar-refractivity contribution in [3.8, 4) is 0 Å². The van der Waals surface area contributed by atoms with Crippen LogP contribution in [0, 0.1) is 5.92 Å². The fourth-order valence-electron chi connectivity index (χ4n) is 2.24. The number of amides is 1. The molecule has 3 atom stereocenters. The number of hydrogen-bond acceptors (Lipinski definition) is 4. The first-order valence-electron chi connectivity index (χ1n) is 7.50. The zero-order valence-corrected chi connectivity index (χ0v) is 12.7. The summed E-state index contributed by atoms with van der Waals surface area (Å²) in [6, 6.07) is 8.44. The van der Waals surface area contributed by atoms with Crippen molar-refractivity contribution in [2.24, 2.45) is 11.7 Å². The standard InChI is InChI=1S/C17H22N2O3/c1-12-7-5-6-10-14(18)16(20)19-15(11-22-17(12)21)13-8-3-2-4-9-13/h2-6,8-9,12,14-15H,7,10-11,18H2,1H3,(H,19,20)/t12-,14-,15?/m1/s1. The SMILES string of the molecule is C[C@@H]1CC=CC[C@@H](N)C(=O)NC(c2ccccc2)COC1=O. The Morgan fingerprint density at radius 2 is 1.82 bits per heavy atom. The molecule has 0 radical (unpaired) electrons. The van der Waals surface area contributed by atoms with Crippen LogP contribution in [0.1, 0.15) is 31.4 Å². The third-order valence-electron chi connectivity index (χ3n) is 3.70. The smallest absolute Gasteiger partial charge is 0.309 e. The van der Waals surface area contributed by atoms with E-state index in [4.69, 9.17) is 10.5 Å². The van der Waals surface area contributed by atoms with Crippen LogP contribution in [0.3, 0.4) is 0 Å². The first kappa shape index (κ1) is 16.2. The summed E-state index contributed by atoms with van der Waals surface area (Å²) >= 11 is 0. The van der Waals surface area contributed by atoms with Crippen LogP contribution in [-0.2, 0) is 14.3 Å². The van der Waals surface area contributed by atoms with E-state index in [2.05, 4.69) is 5.32 Å². The van der Waals surface area contributed by atoms with E-state index in [-0.39, 0.29) is 30.4 Å². The van der Waals surface area contributed by atoms with Gasteiger partial charge in [0.05, 0.1) is 18.0 Å². The summed E-state index contributed by atoms with van der Waals surface area (Å²) in [5.74, 6) is -0.716. The fourth-order valence-corrected chi connectivity index (χ4v) is 2.24.